The predicted molar refractivity (Wildman–Crippen MR) is 112 cm³/mol. The molecular formula is C23H31N3O2. The smallest absolute Gasteiger partial charge is 0.231 e. The topological polar surface area (TPSA) is 37.8 Å². The standard InChI is InChI=1S/C23H31N3O2/c1-3-25(16-20-6-4-5-7-21-23(20)28-17-27-21)15-19-8-11-24-22(14-19)26-12-9-18(2)10-13-26/h4,6-8,11,14,18H,3,5,9-10,12-13,15-17H2,1-2H3. The van der Waals surface area contributed by atoms with Crippen molar-refractivity contribution in [2.75, 3.05) is 37.9 Å². The van der Waals surface area contributed by atoms with Crippen LogP contribution in [0.15, 0.2) is 53.6 Å². The Labute approximate surface area is 168 Å². The first-order chi connectivity index (χ1) is 13.7. The molecule has 1 aromatic rings. The quantitative estimate of drug-likeness (QED) is 0.737. The predicted octanol–water partition coefficient (Wildman–Crippen LogP) is 4.24. The van der Waals surface area contributed by atoms with Crippen LogP contribution >= 0.6 is 0 Å². The summed E-state index contributed by atoms with van der Waals surface area (Å²) in [5.74, 6) is 3.75. The highest BCUT2D eigenvalue weighted by Crippen LogP contribution is 2.29. The first-order valence-electron chi connectivity index (χ1n) is 10.5. The maximum absolute atomic E-state index is 5.75. The largest absolute Gasteiger partial charge is 0.454 e. The molecule has 150 valence electrons. The molecule has 0 saturated carbocycles. The van der Waals surface area contributed by atoms with Gasteiger partial charge < -0.3 is 14.4 Å². The Morgan fingerprint density at radius 1 is 1.21 bits per heavy atom. The van der Waals surface area contributed by atoms with Crippen LogP contribution < -0.4 is 4.90 Å². The SMILES string of the molecule is CCN(CC1=C2OCOC2=CCC=C1)Cc1ccnc(N2CCC(C)CC2)c1. The molecule has 0 unspecified atom stereocenters. The van der Waals surface area contributed by atoms with Crippen LogP contribution in [-0.2, 0) is 16.0 Å². The van der Waals surface area contributed by atoms with Gasteiger partial charge in [-0.1, -0.05) is 26.0 Å². The number of nitrogens with zero attached hydrogens (tertiary/aromatic N) is 3. The monoisotopic (exact) mass is 381 g/mol. The van der Waals surface area contributed by atoms with Gasteiger partial charge in [0.15, 0.2) is 11.5 Å². The minimum absolute atomic E-state index is 0.326. The molecular weight excluding hydrogens is 350 g/mol. The molecule has 0 N–H and O–H groups in total. The maximum atomic E-state index is 5.75. The molecule has 0 bridgehead atoms. The van der Waals surface area contributed by atoms with Crippen molar-refractivity contribution in [3.8, 4) is 0 Å². The van der Waals surface area contributed by atoms with E-state index in [1.54, 1.807) is 0 Å². The third-order valence-corrected chi connectivity index (χ3v) is 5.86. The van der Waals surface area contributed by atoms with E-state index in [9.17, 15) is 0 Å². The molecule has 3 aliphatic rings. The molecule has 0 radical (unpaired) electrons. The van der Waals surface area contributed by atoms with E-state index in [4.69, 9.17) is 9.47 Å². The fraction of sp³-hybridized carbons (Fsp3) is 0.522. The number of anilines is 1. The summed E-state index contributed by atoms with van der Waals surface area (Å²) in [6.07, 6.45) is 11.8. The minimum atomic E-state index is 0.326. The van der Waals surface area contributed by atoms with Gasteiger partial charge in [0.25, 0.3) is 0 Å². The van der Waals surface area contributed by atoms with E-state index in [2.05, 4.69) is 59.0 Å². The number of hydrogen-bond donors (Lipinski definition) is 0. The molecule has 5 nitrogen and oxygen atoms in total. The van der Waals surface area contributed by atoms with Crippen molar-refractivity contribution < 1.29 is 9.47 Å². The average molecular weight is 382 g/mol. The van der Waals surface area contributed by atoms with Gasteiger partial charge >= 0.3 is 0 Å². The van der Waals surface area contributed by atoms with E-state index >= 15 is 0 Å². The lowest BCUT2D eigenvalue weighted by molar-refractivity contribution is 0.0964. The third kappa shape index (κ3) is 4.41. The highest BCUT2D eigenvalue weighted by atomic mass is 16.7. The lowest BCUT2D eigenvalue weighted by Crippen LogP contribution is -2.33. The van der Waals surface area contributed by atoms with Crippen molar-refractivity contribution in [1.29, 1.82) is 0 Å². The Kier molecular flexibility index (Phi) is 6.01. The van der Waals surface area contributed by atoms with E-state index < -0.39 is 0 Å². The maximum Gasteiger partial charge on any atom is 0.231 e. The molecule has 4 rings (SSSR count). The van der Waals surface area contributed by atoms with E-state index in [1.165, 1.54) is 24.0 Å². The number of rotatable bonds is 6. The highest BCUT2D eigenvalue weighted by Gasteiger charge is 2.23. The summed E-state index contributed by atoms with van der Waals surface area (Å²) in [6, 6.07) is 4.40. The zero-order valence-corrected chi connectivity index (χ0v) is 17.1. The number of ether oxygens (including phenoxy) is 2. The number of fused-ring (bicyclic) bond motifs is 1. The van der Waals surface area contributed by atoms with Crippen molar-refractivity contribution in [3.63, 3.8) is 0 Å². The summed E-state index contributed by atoms with van der Waals surface area (Å²) in [5.41, 5.74) is 2.51. The van der Waals surface area contributed by atoms with Gasteiger partial charge in [-0.25, -0.2) is 4.98 Å². The fourth-order valence-corrected chi connectivity index (χ4v) is 4.02. The van der Waals surface area contributed by atoms with Crippen LogP contribution in [-0.4, -0.2) is 42.9 Å². The molecule has 2 fully saturated rings. The second-order valence-corrected chi connectivity index (χ2v) is 7.96. The lowest BCUT2D eigenvalue weighted by Gasteiger charge is -2.31. The second-order valence-electron chi connectivity index (χ2n) is 7.96. The Morgan fingerprint density at radius 2 is 2.07 bits per heavy atom. The third-order valence-electron chi connectivity index (χ3n) is 5.86. The molecule has 1 aliphatic carbocycles. The summed E-state index contributed by atoms with van der Waals surface area (Å²) in [7, 11) is 0. The summed E-state index contributed by atoms with van der Waals surface area (Å²) in [4.78, 5) is 9.50. The van der Waals surface area contributed by atoms with Crippen molar-refractivity contribution in [2.45, 2.75) is 39.7 Å². The molecule has 3 heterocycles. The first-order valence-corrected chi connectivity index (χ1v) is 10.5. The zero-order chi connectivity index (χ0) is 19.3. The van der Waals surface area contributed by atoms with Gasteiger partial charge in [0.1, 0.15) is 5.82 Å². The van der Waals surface area contributed by atoms with Gasteiger partial charge in [0, 0.05) is 37.9 Å². The molecule has 0 amide bonds. The zero-order valence-electron chi connectivity index (χ0n) is 17.1. The van der Waals surface area contributed by atoms with Crippen molar-refractivity contribution in [3.05, 3.63) is 59.2 Å². The van der Waals surface area contributed by atoms with Crippen LogP contribution in [0.5, 0.6) is 0 Å². The van der Waals surface area contributed by atoms with E-state index in [1.807, 2.05) is 6.20 Å². The summed E-state index contributed by atoms with van der Waals surface area (Å²) in [6.45, 7) is 9.84. The summed E-state index contributed by atoms with van der Waals surface area (Å²) >= 11 is 0. The van der Waals surface area contributed by atoms with Gasteiger partial charge in [-0.3, -0.25) is 4.90 Å². The first kappa shape index (κ1) is 19.1. The number of hydrogen-bond acceptors (Lipinski definition) is 5. The molecule has 1 aromatic heterocycles. The Hall–Kier alpha value is -2.27. The summed E-state index contributed by atoms with van der Waals surface area (Å²) in [5, 5.41) is 0. The number of pyridine rings is 1. The van der Waals surface area contributed by atoms with E-state index in [0.717, 1.165) is 62.4 Å². The number of piperidine rings is 1. The van der Waals surface area contributed by atoms with Crippen molar-refractivity contribution >= 4 is 5.82 Å². The molecule has 2 aliphatic heterocycles. The molecule has 0 aromatic carbocycles. The van der Waals surface area contributed by atoms with Crippen LogP contribution in [0.25, 0.3) is 0 Å². The Morgan fingerprint density at radius 3 is 2.89 bits per heavy atom. The second kappa shape index (κ2) is 8.82. The number of allylic oxidation sites excluding steroid dienone is 2. The van der Waals surface area contributed by atoms with Crippen LogP contribution in [0.4, 0.5) is 5.82 Å². The van der Waals surface area contributed by atoms with Crippen LogP contribution in [0.1, 0.15) is 38.7 Å². The van der Waals surface area contributed by atoms with Gasteiger partial charge in [-0.2, -0.15) is 0 Å². The molecule has 0 atom stereocenters. The van der Waals surface area contributed by atoms with Crippen LogP contribution in [0, 0.1) is 5.92 Å². The molecule has 0 spiro atoms. The molecule has 2 saturated heterocycles. The van der Waals surface area contributed by atoms with Crippen LogP contribution in [0.3, 0.4) is 0 Å². The average Bonchev–Trinajstić information content (AvgIpc) is 3.11. The Balaban J connectivity index is 1.45. The number of likely N-dealkylation sites (N-methyl/N-ethyl adjacent to an activating group) is 1. The van der Waals surface area contributed by atoms with Crippen molar-refractivity contribution in [2.24, 2.45) is 5.92 Å². The lowest BCUT2D eigenvalue weighted by atomic mass is 9.99. The van der Waals surface area contributed by atoms with Crippen LogP contribution in [0.2, 0.25) is 0 Å². The van der Waals surface area contributed by atoms with E-state index in [0.29, 0.717) is 6.79 Å². The molecule has 28 heavy (non-hydrogen) atoms. The minimum Gasteiger partial charge on any atom is -0.454 e. The van der Waals surface area contributed by atoms with Gasteiger partial charge in [-0.15, -0.1) is 0 Å². The highest BCUT2D eigenvalue weighted by molar-refractivity contribution is 5.42. The van der Waals surface area contributed by atoms with Gasteiger partial charge in [0.05, 0.1) is 0 Å². The fourth-order valence-electron chi connectivity index (χ4n) is 4.02. The summed E-state index contributed by atoms with van der Waals surface area (Å²) < 4.78 is 11.3. The van der Waals surface area contributed by atoms with Gasteiger partial charge in [-0.05, 0) is 55.5 Å². The molecule has 5 heteroatoms. The van der Waals surface area contributed by atoms with E-state index in [-0.39, 0.29) is 0 Å². The van der Waals surface area contributed by atoms with Gasteiger partial charge in [0.2, 0.25) is 6.79 Å². The van der Waals surface area contributed by atoms with Crippen molar-refractivity contribution in [1.82, 2.24) is 9.88 Å². The Bertz CT molecular complexity index is 776. The normalized spacial score (nSPS) is 20.0. The number of aromatic nitrogens is 1.